The lowest BCUT2D eigenvalue weighted by Gasteiger charge is -2.21. The van der Waals surface area contributed by atoms with Crippen molar-refractivity contribution >= 4 is 13.6 Å². The van der Waals surface area contributed by atoms with Crippen molar-refractivity contribution in [3.63, 3.8) is 0 Å². The molecule has 1 aromatic rings. The molecular weight excluding hydrogens is 264 g/mol. The molecular formula is C10H11FNO5P. The van der Waals surface area contributed by atoms with Gasteiger partial charge in [0.15, 0.2) is 11.6 Å². The number of rotatable bonds is 2. The van der Waals surface area contributed by atoms with Crippen molar-refractivity contribution < 1.29 is 28.3 Å². The fourth-order valence-corrected chi connectivity index (χ4v) is 2.46. The van der Waals surface area contributed by atoms with Gasteiger partial charge in [-0.1, -0.05) is 6.07 Å². The second-order valence-electron chi connectivity index (χ2n) is 4.12. The van der Waals surface area contributed by atoms with Crippen molar-refractivity contribution in [2.45, 2.75) is 18.6 Å². The molecule has 1 heterocycles. The highest BCUT2D eigenvalue weighted by molar-refractivity contribution is 7.50. The van der Waals surface area contributed by atoms with E-state index >= 15 is 0 Å². The van der Waals surface area contributed by atoms with Gasteiger partial charge >= 0.3 is 13.6 Å². The Morgan fingerprint density at radius 2 is 2.17 bits per heavy atom. The predicted molar refractivity (Wildman–Crippen MR) is 59.5 cm³/mol. The number of esters is 1. The van der Waals surface area contributed by atoms with Gasteiger partial charge in [-0.15, -0.1) is 0 Å². The minimum Gasteiger partial charge on any atom is -0.422 e. The first-order valence-electron chi connectivity index (χ1n) is 5.09. The van der Waals surface area contributed by atoms with Gasteiger partial charge in [-0.3, -0.25) is 4.57 Å². The van der Waals surface area contributed by atoms with Crippen LogP contribution in [-0.2, 0) is 21.9 Å². The van der Waals surface area contributed by atoms with E-state index in [0.717, 1.165) is 6.07 Å². The Hall–Kier alpha value is -1.27. The van der Waals surface area contributed by atoms with E-state index in [0.29, 0.717) is 5.56 Å². The van der Waals surface area contributed by atoms with Crippen LogP contribution in [0.2, 0.25) is 0 Å². The number of fused-ring (bicyclic) bond motifs is 1. The van der Waals surface area contributed by atoms with Gasteiger partial charge < -0.3 is 20.3 Å². The number of hydrogen-bond donors (Lipinski definition) is 3. The van der Waals surface area contributed by atoms with Crippen LogP contribution in [0, 0.1) is 5.82 Å². The number of benzene rings is 1. The van der Waals surface area contributed by atoms with Gasteiger partial charge in [-0.2, -0.15) is 0 Å². The molecule has 4 N–H and O–H groups in total. The van der Waals surface area contributed by atoms with Gasteiger partial charge in [0.25, 0.3) is 0 Å². The molecule has 1 unspecified atom stereocenters. The molecule has 0 amide bonds. The lowest BCUT2D eigenvalue weighted by Crippen LogP contribution is -2.39. The first-order chi connectivity index (χ1) is 8.26. The Labute approximate surface area is 102 Å². The van der Waals surface area contributed by atoms with E-state index in [1.165, 1.54) is 6.07 Å². The van der Waals surface area contributed by atoms with E-state index in [9.17, 15) is 13.8 Å². The van der Waals surface area contributed by atoms with Gasteiger partial charge in [-0.25, -0.2) is 9.18 Å². The summed E-state index contributed by atoms with van der Waals surface area (Å²) in [7, 11) is -4.28. The molecule has 18 heavy (non-hydrogen) atoms. The first kappa shape index (κ1) is 13.2. The minimum absolute atomic E-state index is 0.0834. The van der Waals surface area contributed by atoms with E-state index in [1.807, 2.05) is 0 Å². The van der Waals surface area contributed by atoms with Crippen molar-refractivity contribution in [2.24, 2.45) is 5.73 Å². The zero-order valence-corrected chi connectivity index (χ0v) is 10.1. The second-order valence-corrected chi connectivity index (χ2v) is 5.77. The number of halogens is 1. The molecule has 1 aliphatic heterocycles. The number of nitrogens with two attached hydrogens (primary N) is 1. The molecule has 1 aliphatic rings. The quantitative estimate of drug-likeness (QED) is 0.406. The fraction of sp³-hybridized carbons (Fsp3) is 0.300. The van der Waals surface area contributed by atoms with Crippen molar-refractivity contribution in [3.8, 4) is 5.75 Å². The van der Waals surface area contributed by atoms with Gasteiger partial charge in [0, 0.05) is 12.0 Å². The van der Waals surface area contributed by atoms with Crippen LogP contribution in [0.1, 0.15) is 11.1 Å². The molecule has 6 nitrogen and oxygen atoms in total. The fourth-order valence-electron chi connectivity index (χ4n) is 1.80. The van der Waals surface area contributed by atoms with Crippen molar-refractivity contribution in [2.75, 3.05) is 0 Å². The summed E-state index contributed by atoms with van der Waals surface area (Å²) in [5, 5.41) is 0. The van der Waals surface area contributed by atoms with Gasteiger partial charge in [-0.05, 0) is 11.6 Å². The average molecular weight is 275 g/mol. The van der Waals surface area contributed by atoms with E-state index in [2.05, 4.69) is 0 Å². The van der Waals surface area contributed by atoms with Crippen LogP contribution in [0.15, 0.2) is 12.1 Å². The van der Waals surface area contributed by atoms with E-state index in [4.69, 9.17) is 20.3 Å². The molecule has 0 bridgehead atoms. The third-order valence-corrected chi connectivity index (χ3v) is 3.29. The Morgan fingerprint density at radius 1 is 1.50 bits per heavy atom. The maximum absolute atomic E-state index is 13.6. The summed E-state index contributed by atoms with van der Waals surface area (Å²) >= 11 is 0. The SMILES string of the molecule is NC1Cc2cc(CP(=O)(O)O)cc(F)c2OC1=O. The summed E-state index contributed by atoms with van der Waals surface area (Å²) in [5.41, 5.74) is 5.95. The number of hydrogen-bond acceptors (Lipinski definition) is 4. The van der Waals surface area contributed by atoms with Crippen LogP contribution in [-0.4, -0.2) is 21.8 Å². The smallest absolute Gasteiger partial charge is 0.329 e. The minimum atomic E-state index is -4.28. The van der Waals surface area contributed by atoms with Gasteiger partial charge in [0.1, 0.15) is 6.04 Å². The maximum atomic E-state index is 13.6. The molecule has 0 fully saturated rings. The third-order valence-electron chi connectivity index (χ3n) is 2.51. The van der Waals surface area contributed by atoms with E-state index < -0.39 is 31.6 Å². The topological polar surface area (TPSA) is 110 Å². The predicted octanol–water partition coefficient (Wildman–Crippen LogP) is 0.292. The molecule has 98 valence electrons. The molecule has 1 aromatic carbocycles. The largest absolute Gasteiger partial charge is 0.422 e. The summed E-state index contributed by atoms with van der Waals surface area (Å²) in [6, 6.07) is 1.45. The van der Waals surface area contributed by atoms with Gasteiger partial charge in [0.2, 0.25) is 0 Å². The van der Waals surface area contributed by atoms with E-state index in [1.54, 1.807) is 0 Å². The van der Waals surface area contributed by atoms with Crippen LogP contribution in [0.4, 0.5) is 4.39 Å². The summed E-state index contributed by atoms with van der Waals surface area (Å²) in [6.07, 6.45) is -0.486. The number of carbonyl (C=O) groups is 1. The van der Waals surface area contributed by atoms with Crippen molar-refractivity contribution in [1.29, 1.82) is 0 Å². The Kier molecular flexibility index (Phi) is 3.25. The molecule has 0 spiro atoms. The third kappa shape index (κ3) is 2.76. The number of carbonyl (C=O) groups excluding carboxylic acids is 1. The highest BCUT2D eigenvalue weighted by atomic mass is 31.2. The Bertz CT molecular complexity index is 555. The van der Waals surface area contributed by atoms with Crippen LogP contribution in [0.3, 0.4) is 0 Å². The summed E-state index contributed by atoms with van der Waals surface area (Å²) in [4.78, 5) is 28.9. The highest BCUT2D eigenvalue weighted by Crippen LogP contribution is 2.40. The molecule has 0 saturated heterocycles. The zero-order valence-electron chi connectivity index (χ0n) is 9.17. The summed E-state index contributed by atoms with van der Waals surface area (Å²) in [5.74, 6) is -1.75. The van der Waals surface area contributed by atoms with Gasteiger partial charge in [0.05, 0.1) is 6.16 Å². The standard InChI is InChI=1S/C10H11FNO5P/c11-7-2-5(4-18(14,15)16)1-6-3-8(12)10(13)17-9(6)7/h1-2,8H,3-4,12H2,(H2,14,15,16). The molecule has 1 atom stereocenters. The van der Waals surface area contributed by atoms with Crippen LogP contribution >= 0.6 is 7.60 Å². The molecule has 0 radical (unpaired) electrons. The summed E-state index contributed by atoms with van der Waals surface area (Å²) in [6.45, 7) is 0. The van der Waals surface area contributed by atoms with E-state index in [-0.39, 0.29) is 17.7 Å². The molecule has 8 heteroatoms. The van der Waals surface area contributed by atoms with Crippen LogP contribution in [0.25, 0.3) is 0 Å². The van der Waals surface area contributed by atoms with Crippen LogP contribution < -0.4 is 10.5 Å². The maximum Gasteiger partial charge on any atom is 0.329 e. The lowest BCUT2D eigenvalue weighted by molar-refractivity contribution is -0.137. The first-order valence-corrected chi connectivity index (χ1v) is 6.89. The molecule has 2 rings (SSSR count). The lowest BCUT2D eigenvalue weighted by atomic mass is 10.0. The highest BCUT2D eigenvalue weighted by Gasteiger charge is 2.28. The summed E-state index contributed by atoms with van der Waals surface area (Å²) < 4.78 is 29.2. The van der Waals surface area contributed by atoms with Crippen LogP contribution in [0.5, 0.6) is 5.75 Å². The Balaban J connectivity index is 2.40. The molecule has 0 aliphatic carbocycles. The van der Waals surface area contributed by atoms with Crippen molar-refractivity contribution in [3.05, 3.63) is 29.1 Å². The number of ether oxygens (including phenoxy) is 1. The molecule has 0 aromatic heterocycles. The Morgan fingerprint density at radius 3 is 2.78 bits per heavy atom. The molecule has 0 saturated carbocycles. The normalized spacial score (nSPS) is 19.3. The second kappa shape index (κ2) is 4.44. The zero-order chi connectivity index (χ0) is 13.5. The van der Waals surface area contributed by atoms with Crippen molar-refractivity contribution in [1.82, 2.24) is 0 Å². The monoisotopic (exact) mass is 275 g/mol. The average Bonchev–Trinajstić information content (AvgIpc) is 2.18.